The molecule has 67 valence electrons. The van der Waals surface area contributed by atoms with Gasteiger partial charge in [0.2, 0.25) is 6.29 Å². The smallest absolute Gasteiger partial charge is 0.225 e. The summed E-state index contributed by atoms with van der Waals surface area (Å²) in [6.07, 6.45) is 4.91. The van der Waals surface area contributed by atoms with Crippen molar-refractivity contribution in [3.05, 3.63) is 54.1 Å². The second-order valence-corrected chi connectivity index (χ2v) is 3.02. The van der Waals surface area contributed by atoms with Crippen LogP contribution in [0.15, 0.2) is 48.5 Å². The van der Waals surface area contributed by atoms with Gasteiger partial charge in [0.05, 0.1) is 0 Å². The van der Waals surface area contributed by atoms with Crippen LogP contribution in [0.2, 0.25) is 0 Å². The van der Waals surface area contributed by atoms with Crippen LogP contribution in [0.5, 0.6) is 0 Å². The first kappa shape index (κ1) is 8.70. The number of hydrogen-bond acceptors (Lipinski definition) is 1. The van der Waals surface area contributed by atoms with Gasteiger partial charge in [-0.15, -0.1) is 0 Å². The lowest BCUT2D eigenvalue weighted by Gasteiger charge is -2.00. The number of carbonyl (C=O) groups excluding carboxylic acids is 1. The lowest BCUT2D eigenvalue weighted by Crippen LogP contribution is -1.77. The zero-order valence-electron chi connectivity index (χ0n) is 7.60. The minimum atomic E-state index is 1.05. The third-order valence-corrected chi connectivity index (χ3v) is 2.15. The second-order valence-electron chi connectivity index (χ2n) is 3.02. The summed E-state index contributed by atoms with van der Waals surface area (Å²) in [5.74, 6) is 0. The van der Waals surface area contributed by atoms with Crippen LogP contribution in [-0.2, 0) is 4.79 Å². The second kappa shape index (κ2) is 3.88. The molecule has 14 heavy (non-hydrogen) atoms. The standard InChI is InChI=1S/C13H9O/c14-10-4-8-12-7-3-6-11-5-1-2-9-13(11)12/h1-9H. The minimum absolute atomic E-state index is 1.05. The summed E-state index contributed by atoms with van der Waals surface area (Å²) in [6, 6.07) is 14.1. The van der Waals surface area contributed by atoms with E-state index in [-0.39, 0.29) is 0 Å². The Hall–Kier alpha value is -1.89. The van der Waals surface area contributed by atoms with Gasteiger partial charge in [-0.1, -0.05) is 48.5 Å². The molecule has 1 nitrogen and oxygen atoms in total. The van der Waals surface area contributed by atoms with Crippen LogP contribution in [0.4, 0.5) is 0 Å². The maximum atomic E-state index is 10.1. The van der Waals surface area contributed by atoms with Crippen LogP contribution >= 0.6 is 0 Å². The normalized spacial score (nSPS) is 10.9. The molecule has 0 aliphatic heterocycles. The highest BCUT2D eigenvalue weighted by Crippen LogP contribution is 2.19. The maximum Gasteiger partial charge on any atom is 0.225 e. The topological polar surface area (TPSA) is 17.1 Å². The molecule has 0 fully saturated rings. The Morgan fingerprint density at radius 3 is 2.64 bits per heavy atom. The van der Waals surface area contributed by atoms with Crippen LogP contribution < -0.4 is 0 Å². The molecular weight excluding hydrogens is 172 g/mol. The predicted molar refractivity (Wildman–Crippen MR) is 58.7 cm³/mol. The Labute approximate surface area is 82.7 Å². The molecule has 0 N–H and O–H groups in total. The third kappa shape index (κ3) is 1.57. The minimum Gasteiger partial charge on any atom is -0.286 e. The number of hydrogen-bond donors (Lipinski definition) is 0. The van der Waals surface area contributed by atoms with Gasteiger partial charge in [-0.05, 0) is 22.4 Å². The first-order chi connectivity index (χ1) is 6.92. The van der Waals surface area contributed by atoms with Crippen LogP contribution in [0.25, 0.3) is 16.8 Å². The molecule has 0 aliphatic carbocycles. The number of allylic oxidation sites excluding steroid dienone is 1. The average Bonchev–Trinajstić information content (AvgIpc) is 2.26. The van der Waals surface area contributed by atoms with Gasteiger partial charge < -0.3 is 0 Å². The fraction of sp³-hybridized carbons (Fsp3) is 0. The van der Waals surface area contributed by atoms with E-state index in [1.54, 1.807) is 12.4 Å². The van der Waals surface area contributed by atoms with E-state index in [0.717, 1.165) is 10.9 Å². The molecule has 0 bridgehead atoms. The third-order valence-electron chi connectivity index (χ3n) is 2.15. The van der Waals surface area contributed by atoms with E-state index in [1.165, 1.54) is 11.5 Å². The van der Waals surface area contributed by atoms with Gasteiger partial charge >= 0.3 is 0 Å². The largest absolute Gasteiger partial charge is 0.286 e. The molecule has 1 heteroatoms. The fourth-order valence-corrected chi connectivity index (χ4v) is 1.52. The summed E-state index contributed by atoms with van der Waals surface area (Å²) >= 11 is 0. The molecule has 0 saturated carbocycles. The molecule has 0 aliphatic rings. The van der Waals surface area contributed by atoms with Gasteiger partial charge in [0, 0.05) is 0 Å². The van der Waals surface area contributed by atoms with Gasteiger partial charge in [-0.3, -0.25) is 4.79 Å². The van der Waals surface area contributed by atoms with E-state index in [9.17, 15) is 4.79 Å². The lowest BCUT2D eigenvalue weighted by atomic mass is 10.0. The Morgan fingerprint density at radius 1 is 1.00 bits per heavy atom. The van der Waals surface area contributed by atoms with Crippen molar-refractivity contribution in [3.8, 4) is 0 Å². The van der Waals surface area contributed by atoms with Crippen molar-refractivity contribution in [2.45, 2.75) is 0 Å². The molecule has 0 amide bonds. The molecule has 2 aromatic rings. The molecule has 0 unspecified atom stereocenters. The molecule has 0 aromatic heterocycles. The summed E-state index contributed by atoms with van der Waals surface area (Å²) in [5.41, 5.74) is 1.05. The molecule has 2 aromatic carbocycles. The Bertz CT molecular complexity index is 478. The van der Waals surface area contributed by atoms with Gasteiger partial charge in [0.1, 0.15) is 0 Å². The monoisotopic (exact) mass is 181 g/mol. The quantitative estimate of drug-likeness (QED) is 0.651. The zero-order chi connectivity index (χ0) is 9.80. The Balaban J connectivity index is 2.64. The first-order valence-corrected chi connectivity index (χ1v) is 4.44. The molecule has 0 saturated heterocycles. The van der Waals surface area contributed by atoms with Crippen LogP contribution in [0, 0.1) is 0 Å². The summed E-state index contributed by atoms with van der Waals surface area (Å²) in [5, 5.41) is 2.34. The number of benzene rings is 2. The highest BCUT2D eigenvalue weighted by Gasteiger charge is 1.95. The Kier molecular flexibility index (Phi) is 2.41. The van der Waals surface area contributed by atoms with Crippen molar-refractivity contribution >= 4 is 23.1 Å². The van der Waals surface area contributed by atoms with Gasteiger partial charge in [0.25, 0.3) is 0 Å². The van der Waals surface area contributed by atoms with E-state index < -0.39 is 0 Å². The summed E-state index contributed by atoms with van der Waals surface area (Å²) in [4.78, 5) is 10.1. The van der Waals surface area contributed by atoms with Crippen molar-refractivity contribution in [2.24, 2.45) is 0 Å². The van der Waals surface area contributed by atoms with E-state index in [1.807, 2.05) is 30.3 Å². The number of rotatable bonds is 2. The van der Waals surface area contributed by atoms with E-state index >= 15 is 0 Å². The number of fused-ring (bicyclic) bond motifs is 1. The summed E-state index contributed by atoms with van der Waals surface area (Å²) in [7, 11) is 0. The zero-order valence-corrected chi connectivity index (χ0v) is 7.60. The van der Waals surface area contributed by atoms with Crippen molar-refractivity contribution in [2.75, 3.05) is 0 Å². The molecule has 0 spiro atoms. The van der Waals surface area contributed by atoms with Crippen molar-refractivity contribution < 1.29 is 4.79 Å². The lowest BCUT2D eigenvalue weighted by molar-refractivity contribution is 0.564. The van der Waals surface area contributed by atoms with Crippen molar-refractivity contribution in [1.82, 2.24) is 0 Å². The van der Waals surface area contributed by atoms with E-state index in [4.69, 9.17) is 0 Å². The molecular formula is C13H9O. The highest BCUT2D eigenvalue weighted by atomic mass is 16.1. The molecule has 0 heterocycles. The van der Waals surface area contributed by atoms with E-state index in [2.05, 4.69) is 12.1 Å². The maximum absolute atomic E-state index is 10.1. The SMILES string of the molecule is O=[C]C=Cc1cccc2ccccc12. The Morgan fingerprint density at radius 2 is 1.79 bits per heavy atom. The van der Waals surface area contributed by atoms with E-state index in [0.29, 0.717) is 0 Å². The first-order valence-electron chi connectivity index (χ1n) is 4.44. The van der Waals surface area contributed by atoms with Crippen molar-refractivity contribution in [1.29, 1.82) is 0 Å². The summed E-state index contributed by atoms with van der Waals surface area (Å²) < 4.78 is 0. The summed E-state index contributed by atoms with van der Waals surface area (Å²) in [6.45, 7) is 0. The van der Waals surface area contributed by atoms with Gasteiger partial charge in [-0.25, -0.2) is 0 Å². The van der Waals surface area contributed by atoms with Gasteiger partial charge in [-0.2, -0.15) is 0 Å². The average molecular weight is 181 g/mol. The predicted octanol–water partition coefficient (Wildman–Crippen LogP) is 2.96. The fourth-order valence-electron chi connectivity index (χ4n) is 1.52. The molecule has 2 rings (SSSR count). The van der Waals surface area contributed by atoms with Gasteiger partial charge in [0.15, 0.2) is 0 Å². The van der Waals surface area contributed by atoms with Crippen molar-refractivity contribution in [3.63, 3.8) is 0 Å². The van der Waals surface area contributed by atoms with Crippen LogP contribution in [-0.4, -0.2) is 6.29 Å². The van der Waals surface area contributed by atoms with Crippen LogP contribution in [0.1, 0.15) is 5.56 Å². The molecule has 0 atom stereocenters. The highest BCUT2D eigenvalue weighted by molar-refractivity contribution is 5.92. The van der Waals surface area contributed by atoms with Crippen LogP contribution in [0.3, 0.4) is 0 Å². The molecule has 1 radical (unpaired) electrons.